The lowest BCUT2D eigenvalue weighted by Gasteiger charge is -2.23. The first-order valence-corrected chi connectivity index (χ1v) is 7.54. The van der Waals surface area contributed by atoms with Crippen LogP contribution in [0, 0.1) is 0 Å². The van der Waals surface area contributed by atoms with Gasteiger partial charge < -0.3 is 25.1 Å². The van der Waals surface area contributed by atoms with Gasteiger partial charge in [-0.3, -0.25) is 4.57 Å². The van der Waals surface area contributed by atoms with Gasteiger partial charge in [0.2, 0.25) is 5.95 Å². The largest absolute Gasteiger partial charge is 0.479 e. The van der Waals surface area contributed by atoms with Gasteiger partial charge in [-0.15, -0.1) is 0 Å². The second-order valence-electron chi connectivity index (χ2n) is 6.05. The van der Waals surface area contributed by atoms with Gasteiger partial charge in [-0.1, -0.05) is 11.6 Å². The lowest BCUT2D eigenvalue weighted by Crippen LogP contribution is -2.35. The molecular weight excluding hydrogens is 342 g/mol. The van der Waals surface area contributed by atoms with Gasteiger partial charge in [0.1, 0.15) is 17.7 Å². The van der Waals surface area contributed by atoms with Crippen molar-refractivity contribution < 1.29 is 24.1 Å². The van der Waals surface area contributed by atoms with E-state index in [1.54, 1.807) is 13.8 Å². The van der Waals surface area contributed by atoms with Crippen LogP contribution in [-0.2, 0) is 19.0 Å². The minimum Gasteiger partial charge on any atom is -0.479 e. The molecule has 24 heavy (non-hydrogen) atoms. The molecule has 3 N–H and O–H groups in total. The van der Waals surface area contributed by atoms with Gasteiger partial charge in [0.15, 0.2) is 28.9 Å². The van der Waals surface area contributed by atoms with Crippen molar-refractivity contribution in [1.29, 1.82) is 0 Å². The predicted octanol–water partition coefficient (Wildman–Crippen LogP) is 0.564. The van der Waals surface area contributed by atoms with Crippen LogP contribution in [0.5, 0.6) is 0 Å². The number of halogens is 1. The summed E-state index contributed by atoms with van der Waals surface area (Å²) in [6.07, 6.45) is -1.93. The standard InChI is InChI=1S/C13H14ClN5O5/c1-13(2)23-5-6(24-13)10(22-7(5)11(20)21)19-3-16-4-8(14)17-12(15)18-9(4)19/h3,5-7,10H,1-2H3,(H,20,21)(H2,15,17,18)/t5-,6+,7-,10+/m0/s1. The van der Waals surface area contributed by atoms with Crippen LogP contribution in [0.2, 0.25) is 5.15 Å². The molecule has 10 nitrogen and oxygen atoms in total. The van der Waals surface area contributed by atoms with Crippen molar-refractivity contribution in [1.82, 2.24) is 19.5 Å². The van der Waals surface area contributed by atoms with E-state index in [-0.39, 0.29) is 11.1 Å². The highest BCUT2D eigenvalue weighted by Gasteiger charge is 2.58. The summed E-state index contributed by atoms with van der Waals surface area (Å²) in [6, 6.07) is 0. The van der Waals surface area contributed by atoms with E-state index in [0.29, 0.717) is 11.2 Å². The topological polar surface area (TPSA) is 135 Å². The van der Waals surface area contributed by atoms with Gasteiger partial charge in [0.05, 0.1) is 6.33 Å². The van der Waals surface area contributed by atoms with Gasteiger partial charge in [0.25, 0.3) is 0 Å². The summed E-state index contributed by atoms with van der Waals surface area (Å²) in [5.41, 5.74) is 6.30. The average Bonchev–Trinajstić information content (AvgIpc) is 3.09. The maximum atomic E-state index is 11.5. The third kappa shape index (κ3) is 2.22. The molecule has 0 amide bonds. The Kier molecular flexibility index (Phi) is 3.23. The minimum atomic E-state index is -1.17. The summed E-state index contributed by atoms with van der Waals surface area (Å²) in [6.45, 7) is 3.43. The van der Waals surface area contributed by atoms with Gasteiger partial charge >= 0.3 is 5.97 Å². The average molecular weight is 356 g/mol. The Labute approximate surface area is 140 Å². The number of carbonyl (C=O) groups is 1. The van der Waals surface area contributed by atoms with Crippen LogP contribution in [0.25, 0.3) is 11.2 Å². The number of anilines is 1. The first kappa shape index (κ1) is 15.5. The van der Waals surface area contributed by atoms with E-state index in [9.17, 15) is 9.90 Å². The number of nitrogen functional groups attached to an aromatic ring is 1. The van der Waals surface area contributed by atoms with Crippen LogP contribution in [0.1, 0.15) is 20.1 Å². The minimum absolute atomic E-state index is 0.0255. The Bertz CT molecular complexity index is 840. The molecule has 4 atom stereocenters. The number of nitrogens with two attached hydrogens (primary N) is 1. The Morgan fingerprint density at radius 3 is 2.79 bits per heavy atom. The van der Waals surface area contributed by atoms with E-state index in [4.69, 9.17) is 31.5 Å². The molecule has 0 unspecified atom stereocenters. The van der Waals surface area contributed by atoms with Gasteiger partial charge in [-0.05, 0) is 13.8 Å². The Morgan fingerprint density at radius 1 is 1.38 bits per heavy atom. The van der Waals surface area contributed by atoms with Gasteiger partial charge in [-0.25, -0.2) is 9.78 Å². The molecule has 0 saturated carbocycles. The molecule has 2 aromatic rings. The molecule has 0 aliphatic carbocycles. The number of nitrogens with zero attached hydrogens (tertiary/aromatic N) is 4. The van der Waals surface area contributed by atoms with Crippen LogP contribution in [-0.4, -0.2) is 54.7 Å². The highest BCUT2D eigenvalue weighted by atomic mass is 35.5. The molecule has 0 spiro atoms. The summed E-state index contributed by atoms with van der Waals surface area (Å²) in [7, 11) is 0. The second-order valence-corrected chi connectivity index (χ2v) is 6.40. The Balaban J connectivity index is 1.80. The number of ether oxygens (including phenoxy) is 3. The van der Waals surface area contributed by atoms with Gasteiger partial charge in [-0.2, -0.15) is 9.97 Å². The first-order chi connectivity index (χ1) is 11.3. The molecule has 128 valence electrons. The van der Waals surface area contributed by atoms with Crippen LogP contribution in [0.15, 0.2) is 6.33 Å². The van der Waals surface area contributed by atoms with Crippen molar-refractivity contribution in [3.8, 4) is 0 Å². The van der Waals surface area contributed by atoms with Crippen molar-refractivity contribution in [2.45, 2.75) is 44.2 Å². The highest BCUT2D eigenvalue weighted by Crippen LogP contribution is 2.43. The fourth-order valence-corrected chi connectivity index (χ4v) is 3.30. The first-order valence-electron chi connectivity index (χ1n) is 7.16. The highest BCUT2D eigenvalue weighted by molar-refractivity contribution is 6.33. The summed E-state index contributed by atoms with van der Waals surface area (Å²) >= 11 is 6.02. The van der Waals surface area contributed by atoms with Crippen molar-refractivity contribution in [3.63, 3.8) is 0 Å². The molecule has 2 aliphatic rings. The number of aliphatic carboxylic acids is 1. The molecule has 2 fully saturated rings. The number of carboxylic acid groups (broad SMARTS) is 1. The quantitative estimate of drug-likeness (QED) is 0.741. The molecule has 2 aliphatic heterocycles. The van der Waals surface area contributed by atoms with Crippen LogP contribution in [0.4, 0.5) is 5.95 Å². The molecule has 11 heteroatoms. The normalized spacial score (nSPS) is 31.5. The number of hydrogen-bond donors (Lipinski definition) is 2. The second kappa shape index (κ2) is 4.99. The van der Waals surface area contributed by atoms with E-state index in [0.717, 1.165) is 0 Å². The van der Waals surface area contributed by atoms with Crippen LogP contribution < -0.4 is 5.73 Å². The fourth-order valence-electron chi connectivity index (χ4n) is 3.08. The predicted molar refractivity (Wildman–Crippen MR) is 80.1 cm³/mol. The zero-order chi connectivity index (χ0) is 17.2. The Hall–Kier alpha value is -2.01. The molecule has 0 radical (unpaired) electrons. The van der Waals surface area contributed by atoms with Gasteiger partial charge in [0, 0.05) is 0 Å². The number of rotatable bonds is 2. The van der Waals surface area contributed by atoms with Crippen LogP contribution >= 0.6 is 11.6 Å². The van der Waals surface area contributed by atoms with E-state index in [2.05, 4.69) is 15.0 Å². The van der Waals surface area contributed by atoms with Crippen molar-refractivity contribution in [3.05, 3.63) is 11.5 Å². The van der Waals surface area contributed by atoms with Crippen molar-refractivity contribution in [2.24, 2.45) is 0 Å². The molecule has 0 aromatic carbocycles. The van der Waals surface area contributed by atoms with E-state index in [1.165, 1.54) is 10.9 Å². The zero-order valence-electron chi connectivity index (χ0n) is 12.7. The number of aromatic nitrogens is 4. The van der Waals surface area contributed by atoms with E-state index in [1.807, 2.05) is 0 Å². The smallest absolute Gasteiger partial charge is 0.335 e. The van der Waals surface area contributed by atoms with Crippen LogP contribution in [0.3, 0.4) is 0 Å². The summed E-state index contributed by atoms with van der Waals surface area (Å²) in [4.78, 5) is 23.6. The third-order valence-corrected chi connectivity index (χ3v) is 4.21. The third-order valence-electron chi connectivity index (χ3n) is 3.94. The number of imidazole rings is 1. The molecule has 4 rings (SSSR count). The zero-order valence-corrected chi connectivity index (χ0v) is 13.5. The number of fused-ring (bicyclic) bond motifs is 2. The summed E-state index contributed by atoms with van der Waals surface area (Å²) in [5, 5.41) is 9.50. The van der Waals surface area contributed by atoms with Crippen molar-refractivity contribution >= 4 is 34.7 Å². The lowest BCUT2D eigenvalue weighted by atomic mass is 10.1. The van der Waals surface area contributed by atoms with Crippen molar-refractivity contribution in [2.75, 3.05) is 5.73 Å². The molecule has 4 heterocycles. The molecule has 0 bridgehead atoms. The SMILES string of the molecule is CC1(C)O[C@@H]2[C@H](O1)[C@@H](C(=O)O)O[C@H]2n1cnc2c(Cl)nc(N)nc21. The van der Waals surface area contributed by atoms with E-state index < -0.39 is 36.3 Å². The summed E-state index contributed by atoms with van der Waals surface area (Å²) < 4.78 is 18.7. The maximum absolute atomic E-state index is 11.5. The number of hydrogen-bond acceptors (Lipinski definition) is 8. The lowest BCUT2D eigenvalue weighted by molar-refractivity contribution is -0.202. The molecule has 2 saturated heterocycles. The fraction of sp³-hybridized carbons (Fsp3) is 0.538. The monoisotopic (exact) mass is 355 g/mol. The molecule has 2 aromatic heterocycles. The molecular formula is C13H14ClN5O5. The summed E-state index contributed by atoms with van der Waals surface area (Å²) in [5.74, 6) is -2.08. The maximum Gasteiger partial charge on any atom is 0.335 e. The Morgan fingerprint density at radius 2 is 2.08 bits per heavy atom. The number of carboxylic acids is 1. The van der Waals surface area contributed by atoms with E-state index >= 15 is 0 Å².